The normalized spacial score (nSPS) is 11.2. The van der Waals surface area contributed by atoms with Crippen molar-refractivity contribution >= 4 is 86.1 Å². The molecule has 0 aromatic heterocycles. The van der Waals surface area contributed by atoms with Gasteiger partial charge in [-0.1, -0.05) is 243 Å². The molecule has 0 aliphatic heterocycles. The van der Waals surface area contributed by atoms with Crippen molar-refractivity contribution in [2.75, 3.05) is 8.88 Å². The molecule has 0 heterocycles. The van der Waals surface area contributed by atoms with Crippen molar-refractivity contribution in [3.05, 3.63) is 291 Å². The monoisotopic (exact) mass is 936 g/mol. The van der Waals surface area contributed by atoms with E-state index in [1.807, 2.05) is 0 Å². The second kappa shape index (κ2) is 21.7. The van der Waals surface area contributed by atoms with Crippen molar-refractivity contribution in [3.63, 3.8) is 0 Å². The zero-order valence-electron chi connectivity index (χ0n) is 36.8. The van der Waals surface area contributed by atoms with Gasteiger partial charge in [-0.25, -0.2) is 0 Å². The fourth-order valence-corrected chi connectivity index (χ4v) is 20.0. The summed E-state index contributed by atoms with van der Waals surface area (Å²) in [6.07, 6.45) is 0. The van der Waals surface area contributed by atoms with E-state index >= 15 is 0 Å². The topological polar surface area (TPSA) is 15.7 Å². The molecular formula is C60H48N2OP4. The van der Waals surface area contributed by atoms with Gasteiger partial charge in [-0.15, -0.1) is 0 Å². The summed E-state index contributed by atoms with van der Waals surface area (Å²) in [6, 6.07) is 105. The minimum Gasteiger partial charge on any atom is -0.457 e. The maximum Gasteiger partial charge on any atom is 0.127 e. The highest BCUT2D eigenvalue weighted by molar-refractivity contribution is 7.91. The van der Waals surface area contributed by atoms with E-state index in [9.17, 15) is 0 Å². The van der Waals surface area contributed by atoms with Crippen molar-refractivity contribution < 1.29 is 4.74 Å². The number of hydrogen-bond acceptors (Lipinski definition) is 3. The SMILES string of the molecule is c1ccc(P(c2ccccc2)N(c2ccc(Oc3ccc(N(P(c4ccccc4)c4ccccc4)P(c4ccccc4)c4ccccc4)cc3)cc2)P(c2ccccc2)c2ccccc2)cc1. The Balaban J connectivity index is 1.04. The Kier molecular flexibility index (Phi) is 14.3. The van der Waals surface area contributed by atoms with Crippen molar-refractivity contribution in [1.82, 2.24) is 0 Å². The smallest absolute Gasteiger partial charge is 0.127 e. The third-order valence-corrected chi connectivity index (χ3v) is 22.0. The molecule has 0 spiro atoms. The van der Waals surface area contributed by atoms with Gasteiger partial charge in [-0.05, 0) is 48.5 Å². The number of ether oxygens (including phenoxy) is 1. The Morgan fingerprint density at radius 3 is 0.522 bits per heavy atom. The Bertz CT molecular complexity index is 2500. The lowest BCUT2D eigenvalue weighted by Gasteiger charge is -2.40. The average Bonchev–Trinajstić information content (AvgIpc) is 3.41. The zero-order valence-corrected chi connectivity index (χ0v) is 40.4. The molecule has 0 atom stereocenters. The largest absolute Gasteiger partial charge is 0.457 e. The molecule has 3 nitrogen and oxygen atoms in total. The minimum atomic E-state index is -1.00. The van der Waals surface area contributed by atoms with Crippen LogP contribution < -0.4 is 56.1 Å². The van der Waals surface area contributed by atoms with E-state index in [1.165, 1.54) is 42.4 Å². The van der Waals surface area contributed by atoms with Crippen LogP contribution in [-0.4, -0.2) is 0 Å². The molecule has 0 unspecified atom stereocenters. The van der Waals surface area contributed by atoms with E-state index < -0.39 is 32.3 Å². The highest BCUT2D eigenvalue weighted by Gasteiger charge is 2.34. The molecule has 0 N–H and O–H groups in total. The van der Waals surface area contributed by atoms with Gasteiger partial charge in [-0.2, -0.15) is 0 Å². The van der Waals surface area contributed by atoms with E-state index in [2.05, 4.69) is 300 Å². The number of anilines is 2. The molecule has 67 heavy (non-hydrogen) atoms. The lowest BCUT2D eigenvalue weighted by atomic mass is 10.3. The third kappa shape index (κ3) is 10.3. The molecule has 0 fully saturated rings. The summed E-state index contributed by atoms with van der Waals surface area (Å²) in [5, 5.41) is 10.4. The van der Waals surface area contributed by atoms with E-state index in [-0.39, 0.29) is 0 Å². The van der Waals surface area contributed by atoms with Crippen LogP contribution in [0.4, 0.5) is 11.4 Å². The number of nitrogens with zero attached hydrogens (tertiary/aromatic N) is 2. The lowest BCUT2D eigenvalue weighted by Crippen LogP contribution is -2.31. The van der Waals surface area contributed by atoms with E-state index in [1.54, 1.807) is 0 Å². The maximum atomic E-state index is 6.75. The quantitative estimate of drug-likeness (QED) is 0.0898. The predicted molar refractivity (Wildman–Crippen MR) is 294 cm³/mol. The van der Waals surface area contributed by atoms with Crippen LogP contribution in [0, 0.1) is 0 Å². The summed E-state index contributed by atoms with van der Waals surface area (Å²) >= 11 is 0. The first-order valence-electron chi connectivity index (χ1n) is 22.4. The van der Waals surface area contributed by atoms with Crippen LogP contribution in [0.2, 0.25) is 0 Å². The molecule has 0 bridgehead atoms. The van der Waals surface area contributed by atoms with E-state index in [0.29, 0.717) is 0 Å². The van der Waals surface area contributed by atoms with Crippen LogP contribution in [0.15, 0.2) is 291 Å². The van der Waals surface area contributed by atoms with Gasteiger partial charge < -0.3 is 13.6 Å². The number of hydrogen-bond donors (Lipinski definition) is 0. The molecule has 0 radical (unpaired) electrons. The van der Waals surface area contributed by atoms with E-state index in [4.69, 9.17) is 4.74 Å². The Morgan fingerprint density at radius 1 is 0.194 bits per heavy atom. The maximum absolute atomic E-state index is 6.75. The molecule has 0 saturated carbocycles. The first kappa shape index (κ1) is 44.2. The molecule has 10 aromatic carbocycles. The highest BCUT2D eigenvalue weighted by atomic mass is 31.2. The highest BCUT2D eigenvalue weighted by Crippen LogP contribution is 2.58. The molecule has 0 aliphatic carbocycles. The van der Waals surface area contributed by atoms with Crippen LogP contribution in [0.3, 0.4) is 0 Å². The first-order chi connectivity index (χ1) is 33.3. The average molecular weight is 937 g/mol. The van der Waals surface area contributed by atoms with Crippen LogP contribution in [0.25, 0.3) is 0 Å². The molecule has 10 aromatic rings. The number of rotatable bonds is 16. The Labute approximate surface area is 400 Å². The van der Waals surface area contributed by atoms with Crippen molar-refractivity contribution in [2.24, 2.45) is 0 Å². The fraction of sp³-hybridized carbons (Fsp3) is 0. The summed E-state index contributed by atoms with van der Waals surface area (Å²) in [6.45, 7) is 0. The van der Waals surface area contributed by atoms with Gasteiger partial charge in [0.1, 0.15) is 11.5 Å². The fourth-order valence-electron chi connectivity index (χ4n) is 8.10. The summed E-state index contributed by atoms with van der Waals surface area (Å²) < 4.78 is 12.1. The second-order valence-electron chi connectivity index (χ2n) is 15.6. The van der Waals surface area contributed by atoms with Crippen molar-refractivity contribution in [3.8, 4) is 11.5 Å². The van der Waals surface area contributed by atoms with Gasteiger partial charge in [0.2, 0.25) is 0 Å². The molecule has 10 rings (SSSR count). The standard InChI is InChI=1S/C60H48N2OP4/c1-9-25-53(26-10-1)64(54-27-11-2-12-28-54)61(65(55-29-13-3-14-30-55)56-31-15-4-16-32-56)49-41-45-51(46-42-49)63-52-47-43-50(44-48-52)62(66(57-33-17-5-18-34-57)58-35-19-6-20-36-58)67(59-37-21-7-22-38-59)60-39-23-8-24-40-60/h1-48H. The first-order valence-corrected chi connectivity index (χ1v) is 27.6. The number of benzene rings is 10. The Hall–Kier alpha value is -6.68. The van der Waals surface area contributed by atoms with E-state index in [0.717, 1.165) is 22.9 Å². The lowest BCUT2D eigenvalue weighted by molar-refractivity contribution is 0.483. The molecule has 7 heteroatoms. The van der Waals surface area contributed by atoms with Gasteiger partial charge in [0.25, 0.3) is 0 Å². The summed E-state index contributed by atoms with van der Waals surface area (Å²) in [4.78, 5) is 0. The minimum absolute atomic E-state index is 0.785. The zero-order chi connectivity index (χ0) is 45.0. The van der Waals surface area contributed by atoms with Gasteiger partial charge in [-0.3, -0.25) is 0 Å². The van der Waals surface area contributed by atoms with Gasteiger partial charge in [0.15, 0.2) is 0 Å². The van der Waals surface area contributed by atoms with Crippen LogP contribution in [0.1, 0.15) is 0 Å². The Morgan fingerprint density at radius 2 is 0.358 bits per heavy atom. The van der Waals surface area contributed by atoms with Crippen LogP contribution in [-0.2, 0) is 0 Å². The van der Waals surface area contributed by atoms with Crippen LogP contribution in [0.5, 0.6) is 11.5 Å². The third-order valence-electron chi connectivity index (χ3n) is 11.1. The molecule has 0 saturated heterocycles. The van der Waals surface area contributed by atoms with Crippen LogP contribution >= 0.6 is 32.3 Å². The van der Waals surface area contributed by atoms with Crippen molar-refractivity contribution in [2.45, 2.75) is 0 Å². The van der Waals surface area contributed by atoms with Gasteiger partial charge in [0, 0.05) is 53.8 Å². The molecule has 0 aliphatic rings. The summed E-state index contributed by atoms with van der Waals surface area (Å²) in [5.41, 5.74) is 2.28. The predicted octanol–water partition coefficient (Wildman–Crippen LogP) is 13.3. The van der Waals surface area contributed by atoms with Crippen molar-refractivity contribution in [1.29, 1.82) is 0 Å². The molecule has 0 amide bonds. The summed E-state index contributed by atoms with van der Waals surface area (Å²) in [5.74, 6) is 1.57. The molecular weight excluding hydrogens is 889 g/mol. The molecule has 324 valence electrons. The van der Waals surface area contributed by atoms with Gasteiger partial charge in [0.05, 0.1) is 32.3 Å². The van der Waals surface area contributed by atoms with Gasteiger partial charge >= 0.3 is 0 Å². The second-order valence-corrected chi connectivity index (χ2v) is 24.5. The summed E-state index contributed by atoms with van der Waals surface area (Å²) in [7, 11) is -4.02.